The lowest BCUT2D eigenvalue weighted by atomic mass is 10.0. The molecule has 0 aromatic heterocycles. The third-order valence-electron chi connectivity index (χ3n) is 3.10. The summed E-state index contributed by atoms with van der Waals surface area (Å²) in [5.41, 5.74) is 1.05. The standard InChI is InChI=1S/C16H18O4/c1-10(2)9-20-16(19)15-13(18)8-12(17)14(15)11-6-4-3-5-7-11/h3-7,10,12,17H,8-9H2,1-2H3. The first-order valence-electron chi connectivity index (χ1n) is 6.68. The van der Waals surface area contributed by atoms with Gasteiger partial charge < -0.3 is 9.84 Å². The molecule has 106 valence electrons. The number of aliphatic hydroxyl groups excluding tert-OH is 1. The number of hydrogen-bond acceptors (Lipinski definition) is 4. The van der Waals surface area contributed by atoms with Gasteiger partial charge in [-0.25, -0.2) is 4.79 Å². The maximum absolute atomic E-state index is 12.1. The maximum Gasteiger partial charge on any atom is 0.342 e. The highest BCUT2D eigenvalue weighted by Gasteiger charge is 2.36. The van der Waals surface area contributed by atoms with Crippen LogP contribution in [0.1, 0.15) is 25.8 Å². The number of rotatable bonds is 4. The van der Waals surface area contributed by atoms with Gasteiger partial charge in [0, 0.05) is 12.0 Å². The van der Waals surface area contributed by atoms with E-state index in [0.717, 1.165) is 0 Å². The lowest BCUT2D eigenvalue weighted by molar-refractivity contribution is -0.141. The molecular formula is C16H18O4. The van der Waals surface area contributed by atoms with Gasteiger partial charge in [-0.3, -0.25) is 4.79 Å². The number of ketones is 1. The Hall–Kier alpha value is -1.94. The van der Waals surface area contributed by atoms with Crippen LogP contribution in [0, 0.1) is 5.92 Å². The summed E-state index contributed by atoms with van der Waals surface area (Å²) in [7, 11) is 0. The summed E-state index contributed by atoms with van der Waals surface area (Å²) in [6.45, 7) is 4.10. The highest BCUT2D eigenvalue weighted by atomic mass is 16.5. The molecule has 0 saturated carbocycles. The van der Waals surface area contributed by atoms with Crippen molar-refractivity contribution in [2.24, 2.45) is 5.92 Å². The van der Waals surface area contributed by atoms with Gasteiger partial charge in [0.2, 0.25) is 0 Å². The highest BCUT2D eigenvalue weighted by Crippen LogP contribution is 2.32. The van der Waals surface area contributed by atoms with Gasteiger partial charge in [0.15, 0.2) is 5.78 Å². The largest absolute Gasteiger partial charge is 0.462 e. The van der Waals surface area contributed by atoms with Gasteiger partial charge in [-0.1, -0.05) is 44.2 Å². The molecule has 0 radical (unpaired) electrons. The Kier molecular flexibility index (Phi) is 4.35. The van der Waals surface area contributed by atoms with Crippen LogP contribution >= 0.6 is 0 Å². The second kappa shape index (κ2) is 6.01. The summed E-state index contributed by atoms with van der Waals surface area (Å²) in [5.74, 6) is -0.801. The molecule has 1 N–H and O–H groups in total. The molecule has 1 aliphatic carbocycles. The Bertz CT molecular complexity index is 543. The molecule has 2 rings (SSSR count). The van der Waals surface area contributed by atoms with E-state index in [4.69, 9.17) is 4.74 Å². The van der Waals surface area contributed by atoms with E-state index in [1.54, 1.807) is 24.3 Å². The number of benzene rings is 1. The third-order valence-corrected chi connectivity index (χ3v) is 3.10. The zero-order chi connectivity index (χ0) is 14.7. The molecule has 1 aromatic carbocycles. The molecule has 0 bridgehead atoms. The first-order valence-corrected chi connectivity index (χ1v) is 6.68. The molecule has 0 saturated heterocycles. The van der Waals surface area contributed by atoms with Gasteiger partial charge in [-0.2, -0.15) is 0 Å². The van der Waals surface area contributed by atoms with E-state index >= 15 is 0 Å². The summed E-state index contributed by atoms with van der Waals surface area (Å²) in [6.07, 6.45) is -0.998. The predicted octanol–water partition coefficient (Wildman–Crippen LogP) is 1.97. The van der Waals surface area contributed by atoms with E-state index in [0.29, 0.717) is 11.1 Å². The number of aliphatic hydroxyl groups is 1. The topological polar surface area (TPSA) is 63.6 Å². The minimum absolute atomic E-state index is 0.00986. The zero-order valence-corrected chi connectivity index (χ0v) is 11.6. The van der Waals surface area contributed by atoms with Crippen molar-refractivity contribution < 1.29 is 19.4 Å². The molecular weight excluding hydrogens is 256 g/mol. The lowest BCUT2D eigenvalue weighted by Gasteiger charge is -2.11. The van der Waals surface area contributed by atoms with E-state index in [1.807, 2.05) is 19.9 Å². The fourth-order valence-electron chi connectivity index (χ4n) is 2.19. The van der Waals surface area contributed by atoms with Crippen molar-refractivity contribution in [2.45, 2.75) is 26.4 Å². The molecule has 1 aromatic rings. The zero-order valence-electron chi connectivity index (χ0n) is 11.6. The second-order valence-electron chi connectivity index (χ2n) is 5.29. The normalized spacial score (nSPS) is 18.8. The molecule has 1 aliphatic rings. The summed E-state index contributed by atoms with van der Waals surface area (Å²) in [5, 5.41) is 10.0. The SMILES string of the molecule is CC(C)COC(=O)C1=C(c2ccccc2)C(O)CC1=O. The van der Waals surface area contributed by atoms with Crippen molar-refractivity contribution in [1.29, 1.82) is 0 Å². The van der Waals surface area contributed by atoms with Crippen LogP contribution < -0.4 is 0 Å². The smallest absolute Gasteiger partial charge is 0.342 e. The summed E-state index contributed by atoms with van der Waals surface area (Å²) < 4.78 is 5.13. The van der Waals surface area contributed by atoms with Crippen molar-refractivity contribution in [3.05, 3.63) is 41.5 Å². The van der Waals surface area contributed by atoms with Crippen molar-refractivity contribution in [3.63, 3.8) is 0 Å². The van der Waals surface area contributed by atoms with Crippen LogP contribution in [0.2, 0.25) is 0 Å². The van der Waals surface area contributed by atoms with Gasteiger partial charge in [0.1, 0.15) is 5.57 Å². The molecule has 0 spiro atoms. The maximum atomic E-state index is 12.1. The van der Waals surface area contributed by atoms with E-state index in [9.17, 15) is 14.7 Å². The minimum Gasteiger partial charge on any atom is -0.462 e. The Morgan fingerprint density at radius 1 is 1.35 bits per heavy atom. The summed E-state index contributed by atoms with van der Waals surface area (Å²) in [4.78, 5) is 24.0. The fraction of sp³-hybridized carbons (Fsp3) is 0.375. The molecule has 1 atom stereocenters. The van der Waals surface area contributed by atoms with Crippen molar-refractivity contribution >= 4 is 17.3 Å². The van der Waals surface area contributed by atoms with E-state index in [-0.39, 0.29) is 30.3 Å². The number of esters is 1. The number of ether oxygens (including phenoxy) is 1. The van der Waals surface area contributed by atoms with Gasteiger partial charge >= 0.3 is 5.97 Å². The summed E-state index contributed by atoms with van der Waals surface area (Å²) in [6, 6.07) is 8.98. The summed E-state index contributed by atoms with van der Waals surface area (Å²) >= 11 is 0. The molecule has 4 nitrogen and oxygen atoms in total. The van der Waals surface area contributed by atoms with Gasteiger partial charge in [-0.15, -0.1) is 0 Å². The van der Waals surface area contributed by atoms with Crippen molar-refractivity contribution in [3.8, 4) is 0 Å². The minimum atomic E-state index is -0.938. The lowest BCUT2D eigenvalue weighted by Crippen LogP contribution is -2.16. The molecule has 4 heteroatoms. The Balaban J connectivity index is 2.36. The van der Waals surface area contributed by atoms with Crippen LogP contribution in [0.5, 0.6) is 0 Å². The predicted molar refractivity (Wildman–Crippen MR) is 74.8 cm³/mol. The highest BCUT2D eigenvalue weighted by molar-refractivity contribution is 6.26. The van der Waals surface area contributed by atoms with Gasteiger partial charge in [0.25, 0.3) is 0 Å². The number of carbonyl (C=O) groups excluding carboxylic acids is 2. The number of Topliss-reactive ketones (excluding diaryl/α,β-unsaturated/α-hetero) is 1. The molecule has 0 amide bonds. The number of carbonyl (C=O) groups is 2. The Morgan fingerprint density at radius 3 is 2.60 bits per heavy atom. The molecule has 0 aliphatic heterocycles. The van der Waals surface area contributed by atoms with Gasteiger partial charge in [0.05, 0.1) is 12.7 Å². The van der Waals surface area contributed by atoms with Crippen LogP contribution in [0.15, 0.2) is 35.9 Å². The van der Waals surface area contributed by atoms with Crippen molar-refractivity contribution in [2.75, 3.05) is 6.61 Å². The molecule has 20 heavy (non-hydrogen) atoms. The van der Waals surface area contributed by atoms with E-state index in [1.165, 1.54) is 0 Å². The van der Waals surface area contributed by atoms with Crippen LogP contribution in [-0.4, -0.2) is 29.6 Å². The fourth-order valence-corrected chi connectivity index (χ4v) is 2.19. The first-order chi connectivity index (χ1) is 9.50. The van der Waals surface area contributed by atoms with Gasteiger partial charge in [-0.05, 0) is 11.5 Å². The van der Waals surface area contributed by atoms with Crippen LogP contribution in [0.4, 0.5) is 0 Å². The average Bonchev–Trinajstić information content (AvgIpc) is 2.71. The number of hydrogen-bond donors (Lipinski definition) is 1. The molecule has 1 unspecified atom stereocenters. The molecule has 0 fully saturated rings. The molecule has 0 heterocycles. The van der Waals surface area contributed by atoms with Crippen LogP contribution in [0.3, 0.4) is 0 Å². The van der Waals surface area contributed by atoms with Crippen molar-refractivity contribution in [1.82, 2.24) is 0 Å². The average molecular weight is 274 g/mol. The van der Waals surface area contributed by atoms with E-state index < -0.39 is 12.1 Å². The quantitative estimate of drug-likeness (QED) is 0.673. The Morgan fingerprint density at radius 2 is 2.00 bits per heavy atom. The van der Waals surface area contributed by atoms with E-state index in [2.05, 4.69) is 0 Å². The Labute approximate surface area is 118 Å². The van der Waals surface area contributed by atoms with Crippen LogP contribution in [-0.2, 0) is 14.3 Å². The monoisotopic (exact) mass is 274 g/mol. The first kappa shape index (κ1) is 14.5. The second-order valence-corrected chi connectivity index (χ2v) is 5.29. The third kappa shape index (κ3) is 2.96. The van der Waals surface area contributed by atoms with Crippen LogP contribution in [0.25, 0.3) is 5.57 Å².